The summed E-state index contributed by atoms with van der Waals surface area (Å²) in [4.78, 5) is 14.6. The highest BCUT2D eigenvalue weighted by molar-refractivity contribution is 5.83. The van der Waals surface area contributed by atoms with Crippen molar-refractivity contribution in [3.8, 4) is 0 Å². The quantitative estimate of drug-likeness (QED) is 0.847. The Labute approximate surface area is 123 Å². The minimum Gasteiger partial charge on any atom is -0.466 e. The molecule has 0 spiro atoms. The average Bonchev–Trinajstić information content (AvgIpc) is 3.00. The molecular weight excluding hydrogens is 268 g/mol. The molecule has 21 heavy (non-hydrogen) atoms. The summed E-state index contributed by atoms with van der Waals surface area (Å²) in [6.45, 7) is 9.67. The first-order valence-corrected chi connectivity index (χ1v) is 7.21. The molecule has 0 aromatic carbocycles. The number of nitrogens with zero attached hydrogens (tertiary/aromatic N) is 4. The van der Waals surface area contributed by atoms with Gasteiger partial charge in [-0.25, -0.2) is 0 Å². The third-order valence-electron chi connectivity index (χ3n) is 4.17. The van der Waals surface area contributed by atoms with E-state index in [0.29, 0.717) is 13.1 Å². The first-order valence-electron chi connectivity index (χ1n) is 7.21. The highest BCUT2D eigenvalue weighted by atomic mass is 16.3. The summed E-state index contributed by atoms with van der Waals surface area (Å²) in [5.41, 5.74) is 0.973. The Balaban J connectivity index is 1.79. The van der Waals surface area contributed by atoms with E-state index in [0.717, 1.165) is 35.3 Å². The third kappa shape index (κ3) is 2.34. The normalized spacial score (nSPS) is 15.9. The number of amides is 1. The molecule has 1 aliphatic rings. The Hall–Kier alpha value is -2.11. The van der Waals surface area contributed by atoms with E-state index in [1.165, 1.54) is 0 Å². The monoisotopic (exact) mass is 288 g/mol. The minimum absolute atomic E-state index is 0.116. The summed E-state index contributed by atoms with van der Waals surface area (Å²) in [7, 11) is 0. The van der Waals surface area contributed by atoms with Crippen molar-refractivity contribution in [1.82, 2.24) is 19.7 Å². The van der Waals surface area contributed by atoms with Gasteiger partial charge in [-0.2, -0.15) is 0 Å². The second kappa shape index (κ2) is 5.02. The van der Waals surface area contributed by atoms with Crippen LogP contribution in [-0.4, -0.2) is 32.1 Å². The van der Waals surface area contributed by atoms with E-state index in [1.807, 2.05) is 38.7 Å². The summed E-state index contributed by atoms with van der Waals surface area (Å²) in [6.07, 6.45) is 0. The van der Waals surface area contributed by atoms with Crippen molar-refractivity contribution < 1.29 is 9.21 Å². The molecule has 0 saturated heterocycles. The Bertz CT molecular complexity index is 686. The van der Waals surface area contributed by atoms with Gasteiger partial charge < -0.3 is 13.9 Å². The third-order valence-corrected chi connectivity index (χ3v) is 4.17. The fourth-order valence-electron chi connectivity index (χ4n) is 2.98. The molecule has 0 saturated carbocycles. The predicted molar refractivity (Wildman–Crippen MR) is 76.8 cm³/mol. The maximum Gasteiger partial charge on any atom is 0.230 e. The second-order valence-electron chi connectivity index (χ2n) is 5.67. The van der Waals surface area contributed by atoms with E-state index in [1.54, 1.807) is 0 Å². The Morgan fingerprint density at radius 1 is 1.29 bits per heavy atom. The van der Waals surface area contributed by atoms with Gasteiger partial charge in [-0.15, -0.1) is 10.2 Å². The van der Waals surface area contributed by atoms with Crippen LogP contribution in [0.15, 0.2) is 10.5 Å². The molecule has 0 unspecified atom stereocenters. The van der Waals surface area contributed by atoms with Crippen LogP contribution in [0.2, 0.25) is 0 Å². The van der Waals surface area contributed by atoms with Crippen LogP contribution >= 0.6 is 0 Å². The SMILES string of the molecule is Cc1cc([C@H](C)C(=O)N2CCn3c(C)nnc3C2)c(C)o1. The summed E-state index contributed by atoms with van der Waals surface area (Å²) in [5, 5.41) is 8.22. The van der Waals surface area contributed by atoms with Crippen LogP contribution in [0.25, 0.3) is 0 Å². The summed E-state index contributed by atoms with van der Waals surface area (Å²) >= 11 is 0. The Kier molecular flexibility index (Phi) is 3.31. The number of aromatic nitrogens is 3. The lowest BCUT2D eigenvalue weighted by atomic mass is 9.99. The maximum absolute atomic E-state index is 12.7. The predicted octanol–water partition coefficient (Wildman–Crippen LogP) is 1.94. The molecule has 0 aliphatic carbocycles. The van der Waals surface area contributed by atoms with Crippen LogP contribution in [0.1, 0.15) is 41.6 Å². The average molecular weight is 288 g/mol. The molecule has 0 bridgehead atoms. The zero-order chi connectivity index (χ0) is 15.1. The van der Waals surface area contributed by atoms with Crippen LogP contribution in [0.4, 0.5) is 0 Å². The van der Waals surface area contributed by atoms with Gasteiger partial charge in [-0.1, -0.05) is 0 Å². The fraction of sp³-hybridized carbons (Fsp3) is 0.533. The van der Waals surface area contributed by atoms with Crippen molar-refractivity contribution in [2.24, 2.45) is 0 Å². The van der Waals surface area contributed by atoms with Crippen LogP contribution in [0, 0.1) is 20.8 Å². The van der Waals surface area contributed by atoms with Gasteiger partial charge >= 0.3 is 0 Å². The molecule has 1 atom stereocenters. The zero-order valence-electron chi connectivity index (χ0n) is 12.9. The molecular formula is C15H20N4O2. The number of fused-ring (bicyclic) bond motifs is 1. The number of rotatable bonds is 2. The van der Waals surface area contributed by atoms with Gasteiger partial charge in [0.15, 0.2) is 5.82 Å². The molecule has 3 rings (SSSR count). The minimum atomic E-state index is -0.196. The van der Waals surface area contributed by atoms with Crippen molar-refractivity contribution in [3.63, 3.8) is 0 Å². The van der Waals surface area contributed by atoms with E-state index in [-0.39, 0.29) is 11.8 Å². The van der Waals surface area contributed by atoms with Gasteiger partial charge in [-0.3, -0.25) is 4.79 Å². The van der Waals surface area contributed by atoms with Crippen LogP contribution < -0.4 is 0 Å². The van der Waals surface area contributed by atoms with E-state index in [9.17, 15) is 4.79 Å². The number of hydrogen-bond acceptors (Lipinski definition) is 4. The lowest BCUT2D eigenvalue weighted by Crippen LogP contribution is -2.40. The second-order valence-corrected chi connectivity index (χ2v) is 5.67. The molecule has 1 aliphatic heterocycles. The molecule has 0 N–H and O–H groups in total. The number of aryl methyl sites for hydroxylation is 3. The first-order chi connectivity index (χ1) is 9.97. The van der Waals surface area contributed by atoms with Gasteiger partial charge in [0.25, 0.3) is 0 Å². The lowest BCUT2D eigenvalue weighted by Gasteiger charge is -2.29. The number of carbonyl (C=O) groups excluding carboxylic acids is 1. The lowest BCUT2D eigenvalue weighted by molar-refractivity contribution is -0.134. The standard InChI is InChI=1S/C15H20N4O2/c1-9-7-13(11(3)21-9)10(2)15(20)18-5-6-19-12(4)16-17-14(19)8-18/h7,10H,5-6,8H2,1-4H3/t10-/m0/s1. The van der Waals surface area contributed by atoms with Crippen LogP contribution in [-0.2, 0) is 17.9 Å². The highest BCUT2D eigenvalue weighted by Crippen LogP contribution is 2.26. The molecule has 1 amide bonds. The highest BCUT2D eigenvalue weighted by Gasteiger charge is 2.28. The number of furan rings is 1. The summed E-state index contributed by atoms with van der Waals surface area (Å²) < 4.78 is 7.61. The molecule has 6 heteroatoms. The first kappa shape index (κ1) is 13.9. The van der Waals surface area contributed by atoms with E-state index in [2.05, 4.69) is 14.8 Å². The molecule has 6 nitrogen and oxygen atoms in total. The Morgan fingerprint density at radius 3 is 2.71 bits per heavy atom. The van der Waals surface area contributed by atoms with Gasteiger partial charge in [0.05, 0.1) is 12.5 Å². The van der Waals surface area contributed by atoms with Gasteiger partial charge in [0, 0.05) is 18.7 Å². The van der Waals surface area contributed by atoms with Crippen molar-refractivity contribution in [2.75, 3.05) is 6.54 Å². The number of carbonyl (C=O) groups is 1. The topological polar surface area (TPSA) is 64.2 Å². The molecule has 0 fully saturated rings. The van der Waals surface area contributed by atoms with E-state index < -0.39 is 0 Å². The van der Waals surface area contributed by atoms with E-state index >= 15 is 0 Å². The molecule has 0 radical (unpaired) electrons. The van der Waals surface area contributed by atoms with Crippen molar-refractivity contribution >= 4 is 5.91 Å². The number of hydrogen-bond donors (Lipinski definition) is 0. The maximum atomic E-state index is 12.7. The van der Waals surface area contributed by atoms with Gasteiger partial charge in [-0.05, 0) is 33.8 Å². The van der Waals surface area contributed by atoms with Crippen molar-refractivity contribution in [1.29, 1.82) is 0 Å². The summed E-state index contributed by atoms with van der Waals surface area (Å²) in [5.74, 6) is 3.36. The van der Waals surface area contributed by atoms with Gasteiger partial charge in [0.1, 0.15) is 17.3 Å². The largest absolute Gasteiger partial charge is 0.466 e. The van der Waals surface area contributed by atoms with Crippen molar-refractivity contribution in [2.45, 2.75) is 46.7 Å². The molecule has 2 aromatic heterocycles. The van der Waals surface area contributed by atoms with Crippen LogP contribution in [0.3, 0.4) is 0 Å². The molecule has 112 valence electrons. The molecule has 3 heterocycles. The zero-order valence-corrected chi connectivity index (χ0v) is 12.9. The fourth-order valence-corrected chi connectivity index (χ4v) is 2.98. The Morgan fingerprint density at radius 2 is 2.05 bits per heavy atom. The summed E-state index contributed by atoms with van der Waals surface area (Å²) in [6, 6.07) is 1.95. The van der Waals surface area contributed by atoms with Crippen LogP contribution in [0.5, 0.6) is 0 Å². The van der Waals surface area contributed by atoms with Gasteiger partial charge in [0.2, 0.25) is 5.91 Å². The molecule has 2 aromatic rings. The smallest absolute Gasteiger partial charge is 0.230 e. The van der Waals surface area contributed by atoms with Crippen molar-refractivity contribution in [3.05, 3.63) is 34.8 Å². The van der Waals surface area contributed by atoms with E-state index in [4.69, 9.17) is 4.42 Å².